The maximum atomic E-state index is 12.2. The molecule has 2 aliphatic heterocycles. The fraction of sp³-hybridized carbons (Fsp3) is 0.278. The lowest BCUT2D eigenvalue weighted by Gasteiger charge is -2.18. The van der Waals surface area contributed by atoms with E-state index in [4.69, 9.17) is 11.6 Å². The largest absolute Gasteiger partial charge is 0.324 e. The molecule has 0 aliphatic carbocycles. The molecule has 4 rings (SSSR count). The van der Waals surface area contributed by atoms with Gasteiger partial charge in [0.2, 0.25) is 11.8 Å². The second-order valence-electron chi connectivity index (χ2n) is 6.74. The van der Waals surface area contributed by atoms with Crippen molar-refractivity contribution in [3.8, 4) is 11.1 Å². The fourth-order valence-corrected chi connectivity index (χ4v) is 3.47. The standard InChI is InChI=1S/C18H16ClN3O2/c1-18(2)12-6-10(7-13(19)15(12)22-17(18)24)11-5-9-3-4-14(23)21-16(9)20-8-11/h5-8H,3-4H2,1-2H3,(H,22,24)(H,20,21,23). The van der Waals surface area contributed by atoms with E-state index in [-0.39, 0.29) is 11.8 Å². The van der Waals surface area contributed by atoms with Crippen LogP contribution in [0.4, 0.5) is 11.5 Å². The van der Waals surface area contributed by atoms with Crippen molar-refractivity contribution >= 4 is 34.9 Å². The number of aromatic nitrogens is 1. The van der Waals surface area contributed by atoms with Gasteiger partial charge >= 0.3 is 0 Å². The number of nitrogens with zero attached hydrogens (tertiary/aromatic N) is 1. The zero-order chi connectivity index (χ0) is 17.1. The van der Waals surface area contributed by atoms with Gasteiger partial charge in [-0.1, -0.05) is 11.6 Å². The molecular formula is C18H16ClN3O2. The number of fused-ring (bicyclic) bond motifs is 2. The van der Waals surface area contributed by atoms with E-state index < -0.39 is 5.41 Å². The van der Waals surface area contributed by atoms with E-state index >= 15 is 0 Å². The molecule has 0 radical (unpaired) electrons. The van der Waals surface area contributed by atoms with Crippen LogP contribution in [0.25, 0.3) is 11.1 Å². The summed E-state index contributed by atoms with van der Waals surface area (Å²) in [6, 6.07) is 5.86. The zero-order valence-corrected chi connectivity index (χ0v) is 14.1. The minimum atomic E-state index is -0.620. The Morgan fingerprint density at radius 2 is 1.88 bits per heavy atom. The number of benzene rings is 1. The third kappa shape index (κ3) is 2.19. The maximum Gasteiger partial charge on any atom is 0.234 e. The van der Waals surface area contributed by atoms with E-state index in [0.29, 0.717) is 29.4 Å². The fourth-order valence-electron chi connectivity index (χ4n) is 3.20. The minimum Gasteiger partial charge on any atom is -0.324 e. The first kappa shape index (κ1) is 15.1. The Kier molecular flexibility index (Phi) is 3.18. The molecule has 2 N–H and O–H groups in total. The number of halogens is 1. The number of amides is 2. The Morgan fingerprint density at radius 3 is 2.67 bits per heavy atom. The molecule has 0 atom stereocenters. The highest BCUT2D eigenvalue weighted by molar-refractivity contribution is 6.35. The lowest BCUT2D eigenvalue weighted by molar-refractivity contribution is -0.119. The lowest BCUT2D eigenvalue weighted by Crippen LogP contribution is -2.26. The van der Waals surface area contributed by atoms with Crippen LogP contribution in [-0.4, -0.2) is 16.8 Å². The van der Waals surface area contributed by atoms with Gasteiger partial charge in [-0.25, -0.2) is 4.98 Å². The Morgan fingerprint density at radius 1 is 1.08 bits per heavy atom. The van der Waals surface area contributed by atoms with Crippen molar-refractivity contribution in [1.82, 2.24) is 4.98 Å². The summed E-state index contributed by atoms with van der Waals surface area (Å²) in [4.78, 5) is 28.0. The van der Waals surface area contributed by atoms with Crippen molar-refractivity contribution in [2.75, 3.05) is 10.6 Å². The first-order valence-corrected chi connectivity index (χ1v) is 8.18. The van der Waals surface area contributed by atoms with Gasteiger partial charge in [0, 0.05) is 18.2 Å². The summed E-state index contributed by atoms with van der Waals surface area (Å²) >= 11 is 6.39. The molecule has 5 nitrogen and oxygen atoms in total. The Balaban J connectivity index is 1.82. The number of hydrogen-bond acceptors (Lipinski definition) is 3. The molecule has 1 aromatic carbocycles. The first-order chi connectivity index (χ1) is 11.4. The average molecular weight is 342 g/mol. The summed E-state index contributed by atoms with van der Waals surface area (Å²) in [5, 5.41) is 6.16. The van der Waals surface area contributed by atoms with Crippen molar-refractivity contribution in [3.63, 3.8) is 0 Å². The lowest BCUT2D eigenvalue weighted by atomic mass is 9.84. The average Bonchev–Trinajstić information content (AvgIpc) is 2.78. The molecule has 2 aliphatic rings. The number of rotatable bonds is 1. The van der Waals surface area contributed by atoms with Gasteiger partial charge in [0.25, 0.3) is 0 Å². The van der Waals surface area contributed by atoms with E-state index in [9.17, 15) is 9.59 Å². The molecule has 0 fully saturated rings. The second kappa shape index (κ2) is 5.05. The molecule has 0 saturated carbocycles. The van der Waals surface area contributed by atoms with E-state index in [1.807, 2.05) is 32.0 Å². The third-order valence-corrected chi connectivity index (χ3v) is 5.05. The molecule has 6 heteroatoms. The smallest absolute Gasteiger partial charge is 0.234 e. The van der Waals surface area contributed by atoms with Crippen LogP contribution >= 0.6 is 11.6 Å². The molecule has 3 heterocycles. The van der Waals surface area contributed by atoms with Gasteiger partial charge in [-0.3, -0.25) is 9.59 Å². The van der Waals surface area contributed by atoms with Crippen molar-refractivity contribution in [2.24, 2.45) is 0 Å². The normalized spacial score (nSPS) is 17.8. The van der Waals surface area contributed by atoms with Gasteiger partial charge in [0.15, 0.2) is 0 Å². The predicted molar refractivity (Wildman–Crippen MR) is 93.3 cm³/mol. The molecule has 0 saturated heterocycles. The van der Waals surface area contributed by atoms with Crippen molar-refractivity contribution < 1.29 is 9.59 Å². The maximum absolute atomic E-state index is 12.2. The Labute approximate surface area is 144 Å². The van der Waals surface area contributed by atoms with Crippen LogP contribution in [0.2, 0.25) is 5.02 Å². The third-order valence-electron chi connectivity index (χ3n) is 4.75. The van der Waals surface area contributed by atoms with Crippen LogP contribution < -0.4 is 10.6 Å². The topological polar surface area (TPSA) is 71.1 Å². The molecule has 122 valence electrons. The van der Waals surface area contributed by atoms with Gasteiger partial charge in [0.05, 0.1) is 16.1 Å². The molecule has 2 amide bonds. The molecule has 2 aromatic rings. The summed E-state index contributed by atoms with van der Waals surface area (Å²) in [5.74, 6) is 0.567. The van der Waals surface area contributed by atoms with Crippen molar-refractivity contribution in [2.45, 2.75) is 32.1 Å². The number of hydrogen-bond donors (Lipinski definition) is 2. The summed E-state index contributed by atoms with van der Waals surface area (Å²) in [6.45, 7) is 3.77. The highest BCUT2D eigenvalue weighted by atomic mass is 35.5. The molecule has 1 aromatic heterocycles. The number of aryl methyl sites for hydroxylation is 1. The second-order valence-corrected chi connectivity index (χ2v) is 7.15. The quantitative estimate of drug-likeness (QED) is 0.833. The van der Waals surface area contributed by atoms with Crippen LogP contribution in [0.5, 0.6) is 0 Å². The highest BCUT2D eigenvalue weighted by Crippen LogP contribution is 2.44. The summed E-state index contributed by atoms with van der Waals surface area (Å²) < 4.78 is 0. The predicted octanol–water partition coefficient (Wildman–Crippen LogP) is 3.52. The molecule has 0 bridgehead atoms. The van der Waals surface area contributed by atoms with Crippen LogP contribution in [0.15, 0.2) is 24.4 Å². The zero-order valence-electron chi connectivity index (χ0n) is 13.4. The molecule has 0 spiro atoms. The first-order valence-electron chi connectivity index (χ1n) is 7.81. The van der Waals surface area contributed by atoms with E-state index in [0.717, 1.165) is 22.3 Å². The summed E-state index contributed by atoms with van der Waals surface area (Å²) in [7, 11) is 0. The Hall–Kier alpha value is -2.40. The summed E-state index contributed by atoms with van der Waals surface area (Å²) in [6.07, 6.45) is 2.86. The summed E-state index contributed by atoms with van der Waals surface area (Å²) in [5.41, 5.74) is 3.80. The SMILES string of the molecule is CC1(C)C(=O)Nc2c(Cl)cc(-c3cnc4c(c3)CCC(=O)N4)cc21. The highest BCUT2D eigenvalue weighted by Gasteiger charge is 2.39. The van der Waals surface area contributed by atoms with E-state index in [1.165, 1.54) is 0 Å². The van der Waals surface area contributed by atoms with E-state index in [2.05, 4.69) is 15.6 Å². The van der Waals surface area contributed by atoms with Crippen LogP contribution in [0, 0.1) is 0 Å². The van der Waals surface area contributed by atoms with Crippen molar-refractivity contribution in [3.05, 3.63) is 40.5 Å². The van der Waals surface area contributed by atoms with Crippen molar-refractivity contribution in [1.29, 1.82) is 0 Å². The number of carbonyl (C=O) groups is 2. The molecular weight excluding hydrogens is 326 g/mol. The molecule has 24 heavy (non-hydrogen) atoms. The number of nitrogens with one attached hydrogen (secondary N) is 2. The monoisotopic (exact) mass is 341 g/mol. The van der Waals surface area contributed by atoms with Gasteiger partial charge in [-0.05, 0) is 55.2 Å². The van der Waals surface area contributed by atoms with Gasteiger partial charge < -0.3 is 10.6 Å². The molecule has 0 unspecified atom stereocenters. The van der Waals surface area contributed by atoms with Crippen LogP contribution in [0.1, 0.15) is 31.4 Å². The number of anilines is 2. The van der Waals surface area contributed by atoms with Crippen LogP contribution in [0.3, 0.4) is 0 Å². The number of pyridine rings is 1. The van der Waals surface area contributed by atoms with Gasteiger partial charge in [-0.2, -0.15) is 0 Å². The van der Waals surface area contributed by atoms with Gasteiger partial charge in [0.1, 0.15) is 5.82 Å². The minimum absolute atomic E-state index is 0.00494. The number of carbonyl (C=O) groups excluding carboxylic acids is 2. The van der Waals surface area contributed by atoms with Crippen LogP contribution in [-0.2, 0) is 21.4 Å². The van der Waals surface area contributed by atoms with Gasteiger partial charge in [-0.15, -0.1) is 0 Å². The van der Waals surface area contributed by atoms with E-state index in [1.54, 1.807) is 6.20 Å². The Bertz CT molecular complexity index is 905.